The van der Waals surface area contributed by atoms with E-state index in [2.05, 4.69) is 45.2 Å². The van der Waals surface area contributed by atoms with Gasteiger partial charge in [0, 0.05) is 12.3 Å². The van der Waals surface area contributed by atoms with Crippen LogP contribution in [0.1, 0.15) is 12.0 Å². The Morgan fingerprint density at radius 3 is 2.24 bits per heavy atom. The Hall–Kier alpha value is -0.590. The van der Waals surface area contributed by atoms with E-state index < -0.39 is 9.84 Å². The Bertz CT molecular complexity index is 815. The molecule has 0 radical (unpaired) electrons. The van der Waals surface area contributed by atoms with Crippen molar-refractivity contribution in [3.63, 3.8) is 0 Å². The predicted octanol–water partition coefficient (Wildman–Crippen LogP) is 3.70. The lowest BCUT2D eigenvalue weighted by Gasteiger charge is -2.15. The van der Waals surface area contributed by atoms with E-state index in [1.807, 2.05) is 12.1 Å². The first-order chi connectivity index (χ1) is 11.6. The van der Waals surface area contributed by atoms with Crippen LogP contribution in [0.15, 0.2) is 36.4 Å². The summed E-state index contributed by atoms with van der Waals surface area (Å²) in [5.41, 5.74) is 7.11. The highest BCUT2D eigenvalue weighted by Crippen LogP contribution is 2.33. The number of rotatable bonds is 7. The van der Waals surface area contributed by atoms with Gasteiger partial charge in [0.15, 0.2) is 5.75 Å². The van der Waals surface area contributed by atoms with Crippen molar-refractivity contribution in [3.8, 4) is 17.2 Å². The van der Waals surface area contributed by atoms with Gasteiger partial charge in [-0.3, -0.25) is 0 Å². The number of phenols is 1. The summed E-state index contributed by atoms with van der Waals surface area (Å²) in [5.74, 6) is 1.69. The highest BCUT2D eigenvalue weighted by Gasteiger charge is 2.14. The average molecular weight is 587 g/mol. The first kappa shape index (κ1) is 20.7. The van der Waals surface area contributed by atoms with Crippen molar-refractivity contribution in [3.05, 3.63) is 49.1 Å². The van der Waals surface area contributed by atoms with Gasteiger partial charge in [-0.15, -0.1) is 0 Å². The zero-order chi connectivity index (χ0) is 18.6. The number of sulfone groups is 1. The molecule has 0 aliphatic rings. The van der Waals surface area contributed by atoms with Gasteiger partial charge >= 0.3 is 0 Å². The molecule has 0 saturated heterocycles. The molecular formula is C17H19I2NO4S. The summed E-state index contributed by atoms with van der Waals surface area (Å²) < 4.78 is 30.3. The molecule has 0 aliphatic carbocycles. The van der Waals surface area contributed by atoms with Crippen LogP contribution in [-0.4, -0.2) is 31.6 Å². The molecule has 0 heterocycles. The summed E-state index contributed by atoms with van der Waals surface area (Å²) in [6.07, 6.45) is 2.28. The van der Waals surface area contributed by atoms with Crippen molar-refractivity contribution in [2.45, 2.75) is 18.9 Å². The van der Waals surface area contributed by atoms with Crippen LogP contribution < -0.4 is 10.5 Å². The van der Waals surface area contributed by atoms with Crippen molar-refractivity contribution in [2.75, 3.05) is 12.0 Å². The second-order valence-corrected chi connectivity index (χ2v) is 10.5. The molecule has 0 unspecified atom stereocenters. The molecule has 8 heteroatoms. The van der Waals surface area contributed by atoms with Crippen molar-refractivity contribution in [1.82, 2.24) is 0 Å². The maximum atomic E-state index is 11.2. The first-order valence-corrected chi connectivity index (χ1v) is 11.7. The van der Waals surface area contributed by atoms with Gasteiger partial charge in [-0.25, -0.2) is 8.42 Å². The molecule has 25 heavy (non-hydrogen) atoms. The lowest BCUT2D eigenvalue weighted by atomic mass is 10.0. The van der Waals surface area contributed by atoms with Crippen molar-refractivity contribution in [2.24, 2.45) is 5.73 Å². The van der Waals surface area contributed by atoms with Crippen LogP contribution in [0.5, 0.6) is 17.2 Å². The maximum Gasteiger partial charge on any atom is 0.154 e. The zero-order valence-electron chi connectivity index (χ0n) is 13.6. The van der Waals surface area contributed by atoms with Crippen molar-refractivity contribution in [1.29, 1.82) is 0 Å². The van der Waals surface area contributed by atoms with Gasteiger partial charge in [0.05, 0.1) is 12.9 Å². The minimum absolute atomic E-state index is 0.102. The smallest absolute Gasteiger partial charge is 0.154 e. The van der Waals surface area contributed by atoms with Gasteiger partial charge in [0.1, 0.15) is 21.3 Å². The third-order valence-corrected chi connectivity index (χ3v) is 6.05. The molecule has 5 nitrogen and oxygen atoms in total. The van der Waals surface area contributed by atoms with Crippen LogP contribution in [0, 0.1) is 7.14 Å². The van der Waals surface area contributed by atoms with Gasteiger partial charge in [-0.1, -0.05) is 0 Å². The fourth-order valence-electron chi connectivity index (χ4n) is 2.23. The van der Waals surface area contributed by atoms with E-state index in [0.717, 1.165) is 18.5 Å². The van der Waals surface area contributed by atoms with Crippen molar-refractivity contribution >= 4 is 55.0 Å². The standard InChI is InChI=1S/C17H19I2NO4S/c1-25(22,23)7-6-12(20)8-11-9-15(18)17(16(19)10-11)24-14-4-2-13(21)3-5-14/h2-5,9-10,12,21H,6-8,20H2,1H3/t12-/m1/s1. The van der Waals surface area contributed by atoms with E-state index >= 15 is 0 Å². The molecule has 0 fully saturated rings. The van der Waals surface area contributed by atoms with Crippen LogP contribution in [0.3, 0.4) is 0 Å². The Balaban J connectivity index is 2.09. The Kier molecular flexibility index (Phi) is 7.35. The minimum Gasteiger partial charge on any atom is -0.508 e. The van der Waals surface area contributed by atoms with Crippen LogP contribution >= 0.6 is 45.2 Å². The fourth-order valence-corrected chi connectivity index (χ4v) is 5.08. The minimum atomic E-state index is -2.99. The van der Waals surface area contributed by atoms with Gasteiger partial charge in [-0.2, -0.15) is 0 Å². The molecule has 2 aromatic rings. The molecule has 136 valence electrons. The van der Waals surface area contributed by atoms with Crippen LogP contribution in [-0.2, 0) is 16.3 Å². The van der Waals surface area contributed by atoms with E-state index in [-0.39, 0.29) is 17.5 Å². The van der Waals surface area contributed by atoms with E-state index in [1.54, 1.807) is 24.3 Å². The second kappa shape index (κ2) is 8.87. The quantitative estimate of drug-likeness (QED) is 0.483. The second-order valence-electron chi connectivity index (χ2n) is 5.87. The lowest BCUT2D eigenvalue weighted by Crippen LogP contribution is -2.26. The first-order valence-electron chi connectivity index (χ1n) is 7.52. The number of hydrogen-bond acceptors (Lipinski definition) is 5. The number of hydrogen-bond donors (Lipinski definition) is 2. The van der Waals surface area contributed by atoms with Crippen LogP contribution in [0.2, 0.25) is 0 Å². The molecule has 0 aliphatic heterocycles. The topological polar surface area (TPSA) is 89.6 Å². The average Bonchev–Trinajstić information content (AvgIpc) is 2.50. The molecule has 2 aromatic carbocycles. The number of nitrogens with two attached hydrogens (primary N) is 1. The monoisotopic (exact) mass is 587 g/mol. The highest BCUT2D eigenvalue weighted by molar-refractivity contribution is 14.1. The molecule has 3 N–H and O–H groups in total. The maximum absolute atomic E-state index is 11.2. The van der Waals surface area contributed by atoms with Gasteiger partial charge in [0.2, 0.25) is 0 Å². The summed E-state index contributed by atoms with van der Waals surface area (Å²) in [7, 11) is -2.99. The number of phenolic OH excluding ortho intramolecular Hbond substituents is 1. The summed E-state index contributed by atoms with van der Waals surface area (Å²) in [6, 6.07) is 10.4. The molecule has 0 saturated carbocycles. The molecule has 0 aromatic heterocycles. The number of aromatic hydroxyl groups is 1. The normalized spacial score (nSPS) is 12.8. The summed E-state index contributed by atoms with van der Waals surface area (Å²) in [6.45, 7) is 0. The fraction of sp³-hybridized carbons (Fsp3) is 0.294. The molecular weight excluding hydrogens is 568 g/mol. The molecule has 0 bridgehead atoms. The Morgan fingerprint density at radius 2 is 1.72 bits per heavy atom. The molecule has 1 atom stereocenters. The van der Waals surface area contributed by atoms with Crippen LogP contribution in [0.4, 0.5) is 0 Å². The summed E-state index contributed by atoms with van der Waals surface area (Å²) >= 11 is 4.42. The van der Waals surface area contributed by atoms with Gasteiger partial charge < -0.3 is 15.6 Å². The molecule has 0 spiro atoms. The van der Waals surface area contributed by atoms with E-state index in [4.69, 9.17) is 10.5 Å². The Labute approximate surface area is 175 Å². The third kappa shape index (κ3) is 6.91. The van der Waals surface area contributed by atoms with Crippen molar-refractivity contribution < 1.29 is 18.3 Å². The van der Waals surface area contributed by atoms with E-state index in [0.29, 0.717) is 18.6 Å². The van der Waals surface area contributed by atoms with E-state index in [9.17, 15) is 13.5 Å². The number of halogens is 2. The summed E-state index contributed by atoms with van der Waals surface area (Å²) in [4.78, 5) is 0. The largest absolute Gasteiger partial charge is 0.508 e. The number of benzene rings is 2. The zero-order valence-corrected chi connectivity index (χ0v) is 18.7. The number of ether oxygens (including phenoxy) is 1. The van der Waals surface area contributed by atoms with Crippen LogP contribution in [0.25, 0.3) is 0 Å². The highest BCUT2D eigenvalue weighted by atomic mass is 127. The molecule has 0 amide bonds. The SMILES string of the molecule is CS(=O)(=O)CC[C@@H](N)Cc1cc(I)c(Oc2ccc(O)cc2)c(I)c1. The third-order valence-electron chi connectivity index (χ3n) is 3.47. The van der Waals surface area contributed by atoms with Gasteiger partial charge in [-0.05, 0) is 100.0 Å². The molecule has 2 rings (SSSR count). The predicted molar refractivity (Wildman–Crippen MR) is 116 cm³/mol. The lowest BCUT2D eigenvalue weighted by molar-refractivity contribution is 0.461. The van der Waals surface area contributed by atoms with E-state index in [1.165, 1.54) is 6.26 Å². The summed E-state index contributed by atoms with van der Waals surface area (Å²) in [5, 5.41) is 9.34. The Morgan fingerprint density at radius 1 is 1.16 bits per heavy atom. The van der Waals surface area contributed by atoms with Gasteiger partial charge in [0.25, 0.3) is 0 Å².